The fraction of sp³-hybridized carbons (Fsp3) is 0.273. The lowest BCUT2D eigenvalue weighted by molar-refractivity contribution is -0.384. The second kappa shape index (κ2) is 14.6. The first kappa shape index (κ1) is 30.0. The Labute approximate surface area is 246 Å². The molecular weight excluding hydrogens is 532 g/mol. The van der Waals surface area contributed by atoms with Gasteiger partial charge < -0.3 is 19.1 Å². The molecule has 0 saturated carbocycles. The predicted octanol–water partition coefficient (Wildman–Crippen LogP) is 5.92. The zero-order valence-electron chi connectivity index (χ0n) is 24.0. The van der Waals surface area contributed by atoms with Crippen molar-refractivity contribution in [2.75, 3.05) is 20.2 Å². The minimum atomic E-state index is -0.527. The molecule has 4 aromatic rings. The molecule has 0 aliphatic carbocycles. The monoisotopic (exact) mass is 568 g/mol. The van der Waals surface area contributed by atoms with Gasteiger partial charge in [0.15, 0.2) is 0 Å². The lowest BCUT2D eigenvalue weighted by Gasteiger charge is -2.28. The number of methoxy groups -OCH3 is 1. The van der Waals surface area contributed by atoms with Crippen LogP contribution in [0.2, 0.25) is 0 Å². The van der Waals surface area contributed by atoms with Crippen LogP contribution in [0.1, 0.15) is 46.9 Å². The van der Waals surface area contributed by atoms with E-state index in [1.807, 2.05) is 79.9 Å². The van der Waals surface area contributed by atoms with Gasteiger partial charge in [0.2, 0.25) is 5.91 Å². The lowest BCUT2D eigenvalue weighted by atomic mass is 10.1. The molecule has 4 rings (SSSR count). The van der Waals surface area contributed by atoms with Crippen molar-refractivity contribution in [1.82, 2.24) is 14.4 Å². The Morgan fingerprint density at radius 3 is 2.38 bits per heavy atom. The molecule has 0 fully saturated rings. The van der Waals surface area contributed by atoms with Crippen molar-refractivity contribution in [3.05, 3.63) is 130 Å². The van der Waals surface area contributed by atoms with Crippen molar-refractivity contribution in [1.29, 1.82) is 0 Å². The molecule has 0 saturated heterocycles. The standard InChI is InChI=1S/C33H36N4O5/c1-3-4-18-35(33(39)28-14-9-15-29(21-28)37(40)41)25-32(38)36(22-26-11-6-5-7-12-26)24-30-16-10-19-34(30)23-27-13-8-17-31(20-27)42-2/h5-17,19-21H,3-4,18,22-25H2,1-2H3. The van der Waals surface area contributed by atoms with Gasteiger partial charge in [-0.2, -0.15) is 0 Å². The zero-order valence-corrected chi connectivity index (χ0v) is 24.0. The molecule has 218 valence electrons. The summed E-state index contributed by atoms with van der Waals surface area (Å²) in [6.07, 6.45) is 3.52. The number of hydrogen-bond acceptors (Lipinski definition) is 5. The molecule has 0 spiro atoms. The minimum absolute atomic E-state index is 0.134. The van der Waals surface area contributed by atoms with Gasteiger partial charge in [0.25, 0.3) is 11.6 Å². The first-order valence-electron chi connectivity index (χ1n) is 14.0. The number of rotatable bonds is 14. The lowest BCUT2D eigenvalue weighted by Crippen LogP contribution is -2.43. The van der Waals surface area contributed by atoms with Gasteiger partial charge in [0.1, 0.15) is 12.3 Å². The van der Waals surface area contributed by atoms with Crippen molar-refractivity contribution in [2.24, 2.45) is 0 Å². The van der Waals surface area contributed by atoms with E-state index in [9.17, 15) is 19.7 Å². The molecule has 9 heteroatoms. The summed E-state index contributed by atoms with van der Waals surface area (Å²) in [6.45, 7) is 3.57. The summed E-state index contributed by atoms with van der Waals surface area (Å²) in [4.78, 5) is 41.4. The molecule has 0 unspecified atom stereocenters. The smallest absolute Gasteiger partial charge is 0.270 e. The normalized spacial score (nSPS) is 10.7. The largest absolute Gasteiger partial charge is 0.497 e. The number of carbonyl (C=O) groups excluding carboxylic acids is 2. The third-order valence-corrected chi connectivity index (χ3v) is 7.03. The SMILES string of the molecule is CCCCN(CC(=O)N(Cc1ccccc1)Cc1cccn1Cc1cccc(OC)c1)C(=O)c1cccc([N+](=O)[O-])c1. The van der Waals surface area contributed by atoms with Gasteiger partial charge in [-0.15, -0.1) is 0 Å². The Bertz CT molecular complexity index is 1500. The average molecular weight is 569 g/mol. The third kappa shape index (κ3) is 8.06. The predicted molar refractivity (Wildman–Crippen MR) is 161 cm³/mol. The van der Waals surface area contributed by atoms with Gasteiger partial charge in [-0.05, 0) is 47.9 Å². The number of unbranched alkanes of at least 4 members (excludes halogenated alkanes) is 1. The Morgan fingerprint density at radius 1 is 0.881 bits per heavy atom. The van der Waals surface area contributed by atoms with Crippen LogP contribution in [0, 0.1) is 10.1 Å². The van der Waals surface area contributed by atoms with Crippen LogP contribution in [0.5, 0.6) is 5.75 Å². The van der Waals surface area contributed by atoms with E-state index < -0.39 is 10.8 Å². The molecular formula is C33H36N4O5. The molecule has 0 bridgehead atoms. The van der Waals surface area contributed by atoms with Crippen molar-refractivity contribution >= 4 is 17.5 Å². The molecule has 0 N–H and O–H groups in total. The summed E-state index contributed by atoms with van der Waals surface area (Å²) in [5.74, 6) is 0.173. The average Bonchev–Trinajstić information content (AvgIpc) is 3.45. The van der Waals surface area contributed by atoms with E-state index in [-0.39, 0.29) is 23.7 Å². The van der Waals surface area contributed by atoms with Crippen LogP contribution in [-0.2, 0) is 24.4 Å². The number of carbonyl (C=O) groups is 2. The maximum Gasteiger partial charge on any atom is 0.270 e. The van der Waals surface area contributed by atoms with E-state index >= 15 is 0 Å². The van der Waals surface area contributed by atoms with Crippen LogP contribution in [0.25, 0.3) is 0 Å². The minimum Gasteiger partial charge on any atom is -0.497 e. The number of amides is 2. The molecule has 9 nitrogen and oxygen atoms in total. The summed E-state index contributed by atoms with van der Waals surface area (Å²) in [7, 11) is 1.64. The molecule has 0 aliphatic rings. The third-order valence-electron chi connectivity index (χ3n) is 7.03. The maximum absolute atomic E-state index is 13.9. The van der Waals surface area contributed by atoms with Gasteiger partial charge in [0, 0.05) is 49.2 Å². The number of benzene rings is 3. The number of nitro benzene ring substituents is 1. The fourth-order valence-electron chi connectivity index (χ4n) is 4.75. The molecule has 2 amide bonds. The highest BCUT2D eigenvalue weighted by Crippen LogP contribution is 2.19. The summed E-state index contributed by atoms with van der Waals surface area (Å²) >= 11 is 0. The first-order valence-corrected chi connectivity index (χ1v) is 14.0. The Balaban J connectivity index is 1.58. The van der Waals surface area contributed by atoms with Crippen molar-refractivity contribution in [2.45, 2.75) is 39.4 Å². The molecule has 3 aromatic carbocycles. The number of hydrogen-bond donors (Lipinski definition) is 0. The molecule has 0 atom stereocenters. The van der Waals surface area contributed by atoms with Gasteiger partial charge >= 0.3 is 0 Å². The molecule has 42 heavy (non-hydrogen) atoms. The van der Waals surface area contributed by atoms with Crippen molar-refractivity contribution in [3.63, 3.8) is 0 Å². The topological polar surface area (TPSA) is 97.9 Å². The maximum atomic E-state index is 13.9. The Morgan fingerprint density at radius 2 is 1.64 bits per heavy atom. The summed E-state index contributed by atoms with van der Waals surface area (Å²) in [5.41, 5.74) is 3.02. The van der Waals surface area contributed by atoms with Crippen LogP contribution in [0.15, 0.2) is 97.2 Å². The van der Waals surface area contributed by atoms with Crippen molar-refractivity contribution < 1.29 is 19.2 Å². The highest BCUT2D eigenvalue weighted by atomic mass is 16.6. The molecule has 0 aliphatic heterocycles. The second-order valence-corrected chi connectivity index (χ2v) is 10.1. The van der Waals surface area contributed by atoms with Crippen LogP contribution in [-0.4, -0.2) is 51.3 Å². The molecule has 1 heterocycles. The van der Waals surface area contributed by atoms with E-state index in [0.717, 1.165) is 29.0 Å². The van der Waals surface area contributed by atoms with E-state index in [1.54, 1.807) is 18.1 Å². The number of nitro groups is 1. The van der Waals surface area contributed by atoms with Gasteiger partial charge in [-0.25, -0.2) is 0 Å². The van der Waals surface area contributed by atoms with Gasteiger partial charge in [-0.3, -0.25) is 19.7 Å². The van der Waals surface area contributed by atoms with Crippen LogP contribution in [0.4, 0.5) is 5.69 Å². The number of nitrogens with zero attached hydrogens (tertiary/aromatic N) is 4. The van der Waals surface area contributed by atoms with E-state index in [0.29, 0.717) is 32.6 Å². The zero-order chi connectivity index (χ0) is 29.9. The summed E-state index contributed by atoms with van der Waals surface area (Å²) < 4.78 is 7.47. The number of ether oxygens (including phenoxy) is 1. The number of aromatic nitrogens is 1. The van der Waals surface area contributed by atoms with Crippen LogP contribution in [0.3, 0.4) is 0 Å². The molecule has 0 radical (unpaired) electrons. The Hall–Kier alpha value is -4.92. The van der Waals surface area contributed by atoms with Gasteiger partial charge in [-0.1, -0.05) is 61.9 Å². The first-order chi connectivity index (χ1) is 20.4. The summed E-state index contributed by atoms with van der Waals surface area (Å²) in [6, 6.07) is 27.2. The Kier molecular flexibility index (Phi) is 10.5. The van der Waals surface area contributed by atoms with Crippen LogP contribution >= 0.6 is 0 Å². The molecule has 1 aromatic heterocycles. The van der Waals surface area contributed by atoms with Gasteiger partial charge in [0.05, 0.1) is 18.6 Å². The fourth-order valence-corrected chi connectivity index (χ4v) is 4.75. The van der Waals surface area contributed by atoms with Crippen molar-refractivity contribution in [3.8, 4) is 5.75 Å². The van der Waals surface area contributed by atoms with E-state index in [2.05, 4.69) is 4.57 Å². The highest BCUT2D eigenvalue weighted by Gasteiger charge is 2.24. The van der Waals surface area contributed by atoms with Crippen LogP contribution < -0.4 is 4.74 Å². The summed E-state index contributed by atoms with van der Waals surface area (Å²) in [5, 5.41) is 11.3. The quantitative estimate of drug-likeness (QED) is 0.139. The highest BCUT2D eigenvalue weighted by molar-refractivity contribution is 5.97. The second-order valence-electron chi connectivity index (χ2n) is 10.1. The van der Waals surface area contributed by atoms with E-state index in [1.165, 1.54) is 23.1 Å². The van der Waals surface area contributed by atoms with E-state index in [4.69, 9.17) is 4.74 Å². The number of non-ortho nitro benzene ring substituents is 1.